The van der Waals surface area contributed by atoms with Crippen molar-refractivity contribution in [3.8, 4) is 0 Å². The molecule has 0 radical (unpaired) electrons. The van der Waals surface area contributed by atoms with Gasteiger partial charge in [-0.2, -0.15) is 0 Å². The number of hydrogen-bond donors (Lipinski definition) is 2. The maximum atomic E-state index is 11.7. The van der Waals surface area contributed by atoms with E-state index in [1.165, 1.54) is 0 Å². The highest BCUT2D eigenvalue weighted by Gasteiger charge is 2.13. The predicted octanol–water partition coefficient (Wildman–Crippen LogP) is 2.01. The van der Waals surface area contributed by atoms with Gasteiger partial charge in [-0.15, -0.1) is 0 Å². The van der Waals surface area contributed by atoms with Gasteiger partial charge in [0.2, 0.25) is 5.91 Å². The van der Waals surface area contributed by atoms with Gasteiger partial charge in [-0.3, -0.25) is 4.79 Å². The number of aryl methyl sites for hydroxylation is 2. The summed E-state index contributed by atoms with van der Waals surface area (Å²) >= 11 is 0. The first-order chi connectivity index (χ1) is 7.88. The van der Waals surface area contributed by atoms with Gasteiger partial charge in [-0.1, -0.05) is 13.8 Å². The molecule has 0 fully saturated rings. The molecule has 3 N–H and O–H groups in total. The van der Waals surface area contributed by atoms with Crippen molar-refractivity contribution in [2.75, 3.05) is 5.32 Å². The lowest BCUT2D eigenvalue weighted by atomic mass is 10.0. The smallest absolute Gasteiger partial charge is 0.227 e. The Morgan fingerprint density at radius 1 is 1.41 bits per heavy atom. The average molecular weight is 235 g/mol. The van der Waals surface area contributed by atoms with Crippen molar-refractivity contribution < 1.29 is 4.79 Å². The summed E-state index contributed by atoms with van der Waals surface area (Å²) in [4.78, 5) is 16.0. The van der Waals surface area contributed by atoms with E-state index in [4.69, 9.17) is 5.73 Å². The minimum absolute atomic E-state index is 0.0799. The molecule has 4 heteroatoms. The number of aromatic nitrogens is 1. The highest BCUT2D eigenvalue weighted by molar-refractivity contribution is 5.90. The molecule has 0 aliphatic heterocycles. The summed E-state index contributed by atoms with van der Waals surface area (Å²) in [5, 5.41) is 2.78. The van der Waals surface area contributed by atoms with E-state index in [1.54, 1.807) is 0 Å². The number of pyridine rings is 1. The Morgan fingerprint density at radius 3 is 2.59 bits per heavy atom. The Morgan fingerprint density at radius 2 is 2.06 bits per heavy atom. The van der Waals surface area contributed by atoms with Crippen molar-refractivity contribution in [1.82, 2.24) is 4.98 Å². The van der Waals surface area contributed by atoms with Crippen molar-refractivity contribution in [2.24, 2.45) is 11.7 Å². The van der Waals surface area contributed by atoms with Gasteiger partial charge >= 0.3 is 0 Å². The number of hydrogen-bond acceptors (Lipinski definition) is 3. The molecule has 94 valence electrons. The fourth-order valence-corrected chi connectivity index (χ4v) is 1.55. The van der Waals surface area contributed by atoms with Crippen LogP contribution in [0.1, 0.15) is 31.5 Å². The molecule has 4 nitrogen and oxygen atoms in total. The minimum atomic E-state index is -0.110. The van der Waals surface area contributed by atoms with E-state index in [-0.39, 0.29) is 11.9 Å². The lowest BCUT2D eigenvalue weighted by Crippen LogP contribution is -2.31. The number of amides is 1. The summed E-state index contributed by atoms with van der Waals surface area (Å²) in [5.74, 6) is 0.820. The number of carbonyl (C=O) groups excluding carboxylic acids is 1. The second-order valence-electron chi connectivity index (χ2n) is 4.83. The van der Waals surface area contributed by atoms with Crippen molar-refractivity contribution in [3.63, 3.8) is 0 Å². The van der Waals surface area contributed by atoms with Gasteiger partial charge in [0.1, 0.15) is 5.82 Å². The van der Waals surface area contributed by atoms with E-state index >= 15 is 0 Å². The normalized spacial score (nSPS) is 12.6. The van der Waals surface area contributed by atoms with Crippen molar-refractivity contribution in [2.45, 2.75) is 40.2 Å². The Hall–Kier alpha value is -1.42. The highest BCUT2D eigenvalue weighted by Crippen LogP contribution is 2.10. The van der Waals surface area contributed by atoms with Gasteiger partial charge in [-0.25, -0.2) is 4.98 Å². The van der Waals surface area contributed by atoms with E-state index in [2.05, 4.69) is 10.3 Å². The van der Waals surface area contributed by atoms with E-state index in [0.29, 0.717) is 18.2 Å². The SMILES string of the molecule is Cc1cc(C)nc(NC(=O)CC(N)C(C)C)c1. The quantitative estimate of drug-likeness (QED) is 0.838. The van der Waals surface area contributed by atoms with Gasteiger partial charge in [0, 0.05) is 18.2 Å². The Kier molecular flexibility index (Phi) is 4.63. The molecular weight excluding hydrogens is 214 g/mol. The van der Waals surface area contributed by atoms with Gasteiger partial charge in [0.25, 0.3) is 0 Å². The van der Waals surface area contributed by atoms with Crippen molar-refractivity contribution in [1.29, 1.82) is 0 Å². The topological polar surface area (TPSA) is 68.0 Å². The van der Waals surface area contributed by atoms with Crippen LogP contribution in [-0.2, 0) is 4.79 Å². The van der Waals surface area contributed by atoms with Gasteiger partial charge < -0.3 is 11.1 Å². The largest absolute Gasteiger partial charge is 0.327 e. The second kappa shape index (κ2) is 5.77. The van der Waals surface area contributed by atoms with E-state index in [1.807, 2.05) is 39.8 Å². The van der Waals surface area contributed by atoms with Crippen LogP contribution in [0.3, 0.4) is 0 Å². The molecule has 0 aliphatic carbocycles. The number of nitrogens with zero attached hydrogens (tertiary/aromatic N) is 1. The predicted molar refractivity (Wildman–Crippen MR) is 69.8 cm³/mol. The molecule has 1 aromatic rings. The fraction of sp³-hybridized carbons (Fsp3) is 0.538. The lowest BCUT2D eigenvalue weighted by molar-refractivity contribution is -0.116. The molecule has 1 heterocycles. The number of anilines is 1. The summed E-state index contributed by atoms with van der Waals surface area (Å²) in [6.45, 7) is 7.90. The van der Waals surface area contributed by atoms with Crippen LogP contribution in [0.4, 0.5) is 5.82 Å². The second-order valence-corrected chi connectivity index (χ2v) is 4.83. The van der Waals surface area contributed by atoms with Gasteiger partial charge in [0.15, 0.2) is 0 Å². The van der Waals surface area contributed by atoms with Crippen molar-refractivity contribution in [3.05, 3.63) is 23.4 Å². The molecule has 1 rings (SSSR count). The molecule has 1 unspecified atom stereocenters. The molecule has 0 saturated carbocycles. The van der Waals surface area contributed by atoms with Crippen LogP contribution in [0.2, 0.25) is 0 Å². The Labute approximate surface area is 103 Å². The maximum absolute atomic E-state index is 11.7. The third-order valence-corrected chi connectivity index (χ3v) is 2.64. The Bertz CT molecular complexity index is 381. The van der Waals surface area contributed by atoms with Gasteiger partial charge in [0.05, 0.1) is 0 Å². The lowest BCUT2D eigenvalue weighted by Gasteiger charge is -2.15. The molecule has 1 atom stereocenters. The molecule has 0 spiro atoms. The fourth-order valence-electron chi connectivity index (χ4n) is 1.55. The molecule has 1 aromatic heterocycles. The average Bonchev–Trinajstić information content (AvgIpc) is 2.14. The zero-order valence-electron chi connectivity index (χ0n) is 10.9. The summed E-state index contributed by atoms with van der Waals surface area (Å²) < 4.78 is 0. The third-order valence-electron chi connectivity index (χ3n) is 2.64. The first kappa shape index (κ1) is 13.6. The zero-order valence-corrected chi connectivity index (χ0v) is 10.9. The zero-order chi connectivity index (χ0) is 13.0. The number of carbonyl (C=O) groups is 1. The van der Waals surface area contributed by atoms with Crippen LogP contribution in [-0.4, -0.2) is 16.9 Å². The summed E-state index contributed by atoms with van der Waals surface area (Å²) in [6, 6.07) is 3.71. The molecule has 0 bridgehead atoms. The number of nitrogens with two attached hydrogens (primary N) is 1. The standard InChI is InChI=1S/C13H21N3O/c1-8(2)11(14)7-13(17)16-12-6-9(3)5-10(4)15-12/h5-6,8,11H,7,14H2,1-4H3,(H,15,16,17). The Balaban J connectivity index is 2.62. The monoisotopic (exact) mass is 235 g/mol. The molecular formula is C13H21N3O. The number of nitrogens with one attached hydrogen (secondary N) is 1. The summed E-state index contributed by atoms with van der Waals surface area (Å²) in [6.07, 6.45) is 0.326. The molecule has 0 saturated heterocycles. The maximum Gasteiger partial charge on any atom is 0.227 e. The molecule has 0 aliphatic rings. The summed E-state index contributed by atoms with van der Waals surface area (Å²) in [7, 11) is 0. The van der Waals surface area contributed by atoms with E-state index in [0.717, 1.165) is 11.3 Å². The van der Waals surface area contributed by atoms with Crippen LogP contribution >= 0.6 is 0 Å². The van der Waals surface area contributed by atoms with Crippen molar-refractivity contribution >= 4 is 11.7 Å². The summed E-state index contributed by atoms with van der Waals surface area (Å²) in [5.41, 5.74) is 7.83. The molecule has 1 amide bonds. The van der Waals surface area contributed by atoms with E-state index < -0.39 is 0 Å². The van der Waals surface area contributed by atoms with Crippen LogP contribution < -0.4 is 11.1 Å². The van der Waals surface area contributed by atoms with Crippen LogP contribution in [0, 0.1) is 19.8 Å². The highest BCUT2D eigenvalue weighted by atomic mass is 16.1. The van der Waals surface area contributed by atoms with Gasteiger partial charge in [-0.05, 0) is 37.5 Å². The first-order valence-corrected chi connectivity index (χ1v) is 5.89. The number of rotatable bonds is 4. The molecule has 17 heavy (non-hydrogen) atoms. The van der Waals surface area contributed by atoms with Crippen LogP contribution in [0.5, 0.6) is 0 Å². The van der Waals surface area contributed by atoms with Crippen LogP contribution in [0.15, 0.2) is 12.1 Å². The minimum Gasteiger partial charge on any atom is -0.327 e. The third kappa shape index (κ3) is 4.53. The first-order valence-electron chi connectivity index (χ1n) is 5.89. The van der Waals surface area contributed by atoms with Crippen LogP contribution in [0.25, 0.3) is 0 Å². The van der Waals surface area contributed by atoms with E-state index in [9.17, 15) is 4.79 Å². The molecule has 0 aromatic carbocycles.